The van der Waals surface area contributed by atoms with Crippen molar-refractivity contribution >= 4 is 29.2 Å². The molecule has 1 aliphatic carbocycles. The molecule has 2 aromatic carbocycles. The van der Waals surface area contributed by atoms with E-state index in [9.17, 15) is 19.3 Å². The Bertz CT molecular complexity index is 1330. The summed E-state index contributed by atoms with van der Waals surface area (Å²) in [5.74, 6) is 0.667. The number of hydrogen-bond donors (Lipinski definition) is 1. The summed E-state index contributed by atoms with van der Waals surface area (Å²) in [5.41, 5.74) is 2.80. The molecular weight excluding hydrogens is 457 g/mol. The third-order valence-corrected chi connectivity index (χ3v) is 6.90. The monoisotopic (exact) mass is 479 g/mol. The fourth-order valence-corrected chi connectivity index (χ4v) is 5.28. The van der Waals surface area contributed by atoms with E-state index in [0.29, 0.717) is 40.8 Å². The van der Waals surface area contributed by atoms with E-state index in [1.807, 2.05) is 0 Å². The number of ketones is 1. The van der Waals surface area contributed by atoms with Gasteiger partial charge < -0.3 is 5.32 Å². The van der Waals surface area contributed by atoms with Crippen LogP contribution in [0.1, 0.15) is 43.9 Å². The van der Waals surface area contributed by atoms with Crippen LogP contribution in [0.4, 0.5) is 16.0 Å². The SMILES string of the molecule is CC1(C)CC(=O)C2=C(C1)Nc1nc(SCc3ccc([N+](=O)[O-])cc3)nn1C2c1cccc(F)c1. The molecule has 1 aromatic heterocycles. The predicted molar refractivity (Wildman–Crippen MR) is 126 cm³/mol. The molecule has 10 heteroatoms. The molecule has 0 spiro atoms. The number of fused-ring (bicyclic) bond motifs is 1. The third kappa shape index (κ3) is 4.21. The lowest BCUT2D eigenvalue weighted by Gasteiger charge is -2.38. The van der Waals surface area contributed by atoms with E-state index in [2.05, 4.69) is 29.2 Å². The van der Waals surface area contributed by atoms with Gasteiger partial charge in [-0.1, -0.05) is 49.9 Å². The van der Waals surface area contributed by atoms with E-state index in [1.165, 1.54) is 36.0 Å². The molecule has 1 atom stereocenters. The minimum Gasteiger partial charge on any atom is -0.328 e. The molecule has 3 aromatic rings. The van der Waals surface area contributed by atoms with Crippen molar-refractivity contribution in [1.82, 2.24) is 14.8 Å². The summed E-state index contributed by atoms with van der Waals surface area (Å²) in [6.07, 6.45) is 1.09. The molecule has 1 N–H and O–H groups in total. The highest BCUT2D eigenvalue weighted by Gasteiger charge is 2.42. The van der Waals surface area contributed by atoms with Gasteiger partial charge >= 0.3 is 0 Å². The minimum atomic E-state index is -0.563. The topological polar surface area (TPSA) is 103 Å². The van der Waals surface area contributed by atoms with Gasteiger partial charge in [-0.05, 0) is 35.1 Å². The largest absolute Gasteiger partial charge is 0.328 e. The van der Waals surface area contributed by atoms with Crippen LogP contribution in [0.25, 0.3) is 0 Å². The summed E-state index contributed by atoms with van der Waals surface area (Å²) in [6.45, 7) is 4.11. The Kier molecular flexibility index (Phi) is 5.47. The van der Waals surface area contributed by atoms with Crippen LogP contribution in [0.5, 0.6) is 0 Å². The number of thioether (sulfide) groups is 1. The Morgan fingerprint density at radius 3 is 2.71 bits per heavy atom. The van der Waals surface area contributed by atoms with Crippen LogP contribution in [0.3, 0.4) is 0 Å². The molecule has 174 valence electrons. The number of anilines is 1. The highest BCUT2D eigenvalue weighted by molar-refractivity contribution is 7.98. The van der Waals surface area contributed by atoms with E-state index in [-0.39, 0.29) is 22.7 Å². The van der Waals surface area contributed by atoms with Crippen molar-refractivity contribution in [3.8, 4) is 0 Å². The maximum absolute atomic E-state index is 14.1. The number of rotatable bonds is 5. The zero-order chi connectivity index (χ0) is 24.0. The maximum atomic E-state index is 14.1. The summed E-state index contributed by atoms with van der Waals surface area (Å²) >= 11 is 1.39. The number of allylic oxidation sites excluding steroid dienone is 2. The number of benzene rings is 2. The molecule has 0 bridgehead atoms. The molecule has 2 heterocycles. The lowest BCUT2D eigenvalue weighted by Crippen LogP contribution is -2.36. The van der Waals surface area contributed by atoms with Crippen molar-refractivity contribution < 1.29 is 14.1 Å². The second-order valence-corrected chi connectivity index (χ2v) is 10.2. The zero-order valence-electron chi connectivity index (χ0n) is 18.6. The molecule has 1 aliphatic heterocycles. The van der Waals surface area contributed by atoms with Crippen molar-refractivity contribution in [3.63, 3.8) is 0 Å². The summed E-state index contributed by atoms with van der Waals surface area (Å²) in [6, 6.07) is 12.0. The molecule has 5 rings (SSSR count). The zero-order valence-corrected chi connectivity index (χ0v) is 19.4. The highest BCUT2D eigenvalue weighted by Crippen LogP contribution is 2.45. The average Bonchev–Trinajstić information content (AvgIpc) is 3.18. The standard InChI is InChI=1S/C24H22FN5O3S/c1-24(2)11-18-20(19(31)12-24)21(15-4-3-5-16(25)10-15)29-22(26-18)27-23(28-29)34-13-14-6-8-17(9-7-14)30(32)33/h3-10,21H,11-13H2,1-2H3,(H,26,27,28). The molecule has 34 heavy (non-hydrogen) atoms. The second kappa shape index (κ2) is 8.35. The van der Waals surface area contributed by atoms with Gasteiger partial charge in [0.15, 0.2) is 5.78 Å². The van der Waals surface area contributed by atoms with Crippen LogP contribution < -0.4 is 5.32 Å². The van der Waals surface area contributed by atoms with Crippen molar-refractivity contribution in [2.24, 2.45) is 5.41 Å². The van der Waals surface area contributed by atoms with E-state index in [0.717, 1.165) is 11.3 Å². The van der Waals surface area contributed by atoms with Gasteiger partial charge in [0.25, 0.3) is 5.69 Å². The van der Waals surface area contributed by atoms with Crippen LogP contribution in [0.2, 0.25) is 0 Å². The summed E-state index contributed by atoms with van der Waals surface area (Å²) in [7, 11) is 0. The van der Waals surface area contributed by atoms with Crippen molar-refractivity contribution in [2.45, 2.75) is 43.6 Å². The number of non-ortho nitro benzene ring substituents is 1. The molecule has 2 aliphatic rings. The molecular formula is C24H22FN5O3S. The summed E-state index contributed by atoms with van der Waals surface area (Å²) in [4.78, 5) is 28.3. The minimum absolute atomic E-state index is 0.0224. The molecule has 8 nitrogen and oxygen atoms in total. The van der Waals surface area contributed by atoms with Crippen molar-refractivity contribution in [2.75, 3.05) is 5.32 Å². The average molecular weight is 480 g/mol. The molecule has 0 radical (unpaired) electrons. The summed E-state index contributed by atoms with van der Waals surface area (Å²) in [5, 5.41) is 19.3. The fourth-order valence-electron chi connectivity index (χ4n) is 4.50. The third-order valence-electron chi connectivity index (χ3n) is 5.99. The Labute approximate surface area is 199 Å². The van der Waals surface area contributed by atoms with Crippen LogP contribution in [0.15, 0.2) is 65.0 Å². The number of nitrogens with zero attached hydrogens (tertiary/aromatic N) is 4. The van der Waals surface area contributed by atoms with Crippen LogP contribution >= 0.6 is 11.8 Å². The van der Waals surface area contributed by atoms with Gasteiger partial charge in [-0.15, -0.1) is 5.10 Å². The van der Waals surface area contributed by atoms with Gasteiger partial charge in [-0.25, -0.2) is 9.07 Å². The van der Waals surface area contributed by atoms with Crippen LogP contribution in [-0.2, 0) is 10.5 Å². The van der Waals surface area contributed by atoms with Crippen molar-refractivity contribution in [1.29, 1.82) is 0 Å². The smallest absolute Gasteiger partial charge is 0.269 e. The molecule has 0 saturated heterocycles. The number of halogens is 1. The number of hydrogen-bond acceptors (Lipinski definition) is 7. The number of Topliss-reactive ketones (excluding diaryl/α,β-unsaturated/α-hetero) is 1. The summed E-state index contributed by atoms with van der Waals surface area (Å²) < 4.78 is 15.8. The number of carbonyl (C=O) groups is 1. The Balaban J connectivity index is 1.48. The van der Waals surface area contributed by atoms with Gasteiger partial charge in [-0.3, -0.25) is 14.9 Å². The fraction of sp³-hybridized carbons (Fsp3) is 0.292. The molecule has 0 fully saturated rings. The quantitative estimate of drug-likeness (QED) is 0.302. The first-order valence-electron chi connectivity index (χ1n) is 10.8. The van der Waals surface area contributed by atoms with E-state index < -0.39 is 11.0 Å². The predicted octanol–water partition coefficient (Wildman–Crippen LogP) is 5.28. The van der Waals surface area contributed by atoms with Gasteiger partial charge in [0, 0.05) is 35.6 Å². The van der Waals surface area contributed by atoms with E-state index >= 15 is 0 Å². The van der Waals surface area contributed by atoms with Gasteiger partial charge in [0.05, 0.1) is 4.92 Å². The number of aromatic nitrogens is 3. The van der Waals surface area contributed by atoms with Gasteiger partial charge in [0.2, 0.25) is 11.1 Å². The Morgan fingerprint density at radius 1 is 1.24 bits per heavy atom. The van der Waals surface area contributed by atoms with Crippen molar-refractivity contribution in [3.05, 3.63) is 86.9 Å². The molecule has 0 amide bonds. The van der Waals surface area contributed by atoms with Crippen LogP contribution in [-0.4, -0.2) is 25.5 Å². The first kappa shape index (κ1) is 22.3. The Hall–Kier alpha value is -3.53. The maximum Gasteiger partial charge on any atom is 0.269 e. The number of nitro groups is 1. The van der Waals surface area contributed by atoms with Gasteiger partial charge in [-0.2, -0.15) is 4.98 Å². The molecule has 0 saturated carbocycles. The van der Waals surface area contributed by atoms with E-state index in [4.69, 9.17) is 0 Å². The Morgan fingerprint density at radius 2 is 2.00 bits per heavy atom. The lowest BCUT2D eigenvalue weighted by atomic mass is 9.73. The number of nitrogens with one attached hydrogen (secondary N) is 1. The first-order valence-corrected chi connectivity index (χ1v) is 11.8. The van der Waals surface area contributed by atoms with Gasteiger partial charge in [0.1, 0.15) is 11.9 Å². The highest BCUT2D eigenvalue weighted by atomic mass is 32.2. The van der Waals surface area contributed by atoms with E-state index in [1.54, 1.807) is 28.9 Å². The van der Waals surface area contributed by atoms with Crippen LogP contribution in [0, 0.1) is 21.3 Å². The lowest BCUT2D eigenvalue weighted by molar-refractivity contribution is -0.384. The molecule has 1 unspecified atom stereocenters. The first-order chi connectivity index (χ1) is 16.2. The normalized spacial score (nSPS) is 18.8. The number of nitro benzene ring substituents is 1. The number of carbonyl (C=O) groups excluding carboxylic acids is 1. The second-order valence-electron chi connectivity index (χ2n) is 9.29.